The molecule has 16 heavy (non-hydrogen) atoms. The quantitative estimate of drug-likeness (QED) is 0.607. The van der Waals surface area contributed by atoms with Crippen molar-refractivity contribution in [1.29, 1.82) is 0 Å². The van der Waals surface area contributed by atoms with Gasteiger partial charge in [-0.15, -0.1) is 0 Å². The number of morpholine rings is 1. The highest BCUT2D eigenvalue weighted by Crippen LogP contribution is 2.10. The zero-order chi connectivity index (χ0) is 12.2. The molecule has 0 saturated carbocycles. The predicted octanol–water partition coefficient (Wildman–Crippen LogP) is -1.68. The number of ether oxygens (including phenoxy) is 1. The van der Waals surface area contributed by atoms with Crippen molar-refractivity contribution in [3.8, 4) is 0 Å². The summed E-state index contributed by atoms with van der Waals surface area (Å²) in [6.07, 6.45) is -0.220. The molecule has 1 saturated heterocycles. The Bertz CT molecular complexity index is 340. The van der Waals surface area contributed by atoms with Gasteiger partial charge < -0.3 is 15.2 Å². The first-order chi connectivity index (χ1) is 7.45. The first-order valence-corrected chi connectivity index (χ1v) is 6.52. The van der Waals surface area contributed by atoms with E-state index in [-0.39, 0.29) is 19.2 Å². The smallest absolute Gasteiger partial charge is 0.320 e. The van der Waals surface area contributed by atoms with Gasteiger partial charge in [0.25, 0.3) is 0 Å². The number of carboxylic acids is 1. The average molecular weight is 252 g/mol. The second-order valence-corrected chi connectivity index (χ2v) is 5.53. The van der Waals surface area contributed by atoms with Crippen molar-refractivity contribution in [2.75, 3.05) is 39.0 Å². The summed E-state index contributed by atoms with van der Waals surface area (Å²) in [6, 6.07) is 0. The lowest BCUT2D eigenvalue weighted by Gasteiger charge is -2.31. The molecule has 0 aromatic rings. The third-order valence-corrected chi connectivity index (χ3v) is 3.96. The van der Waals surface area contributed by atoms with E-state index in [0.29, 0.717) is 13.2 Å². The Morgan fingerprint density at radius 1 is 1.62 bits per heavy atom. The van der Waals surface area contributed by atoms with Crippen molar-refractivity contribution < 1.29 is 23.1 Å². The van der Waals surface area contributed by atoms with Crippen LogP contribution in [0.4, 0.5) is 0 Å². The lowest BCUT2D eigenvalue weighted by molar-refractivity contribution is -0.134. The monoisotopic (exact) mass is 252 g/mol. The number of aliphatic carboxylic acids is 1. The van der Waals surface area contributed by atoms with Gasteiger partial charge in [-0.05, 0) is 7.05 Å². The molecule has 94 valence electrons. The summed E-state index contributed by atoms with van der Waals surface area (Å²) >= 11 is 0. The largest absolute Gasteiger partial charge is 0.480 e. The molecule has 1 fully saturated rings. The van der Waals surface area contributed by atoms with Gasteiger partial charge in [0, 0.05) is 19.6 Å². The normalized spacial score (nSPS) is 23.2. The van der Waals surface area contributed by atoms with E-state index in [1.165, 1.54) is 4.31 Å². The molecular weight excluding hydrogens is 236 g/mol. The third kappa shape index (κ3) is 3.71. The molecule has 2 N–H and O–H groups in total. The summed E-state index contributed by atoms with van der Waals surface area (Å²) in [5, 5.41) is 11.4. The number of sulfonamides is 1. The second kappa shape index (κ2) is 5.58. The van der Waals surface area contributed by atoms with Crippen LogP contribution in [0.1, 0.15) is 0 Å². The Morgan fingerprint density at radius 2 is 2.31 bits per heavy atom. The van der Waals surface area contributed by atoms with Crippen LogP contribution in [-0.2, 0) is 19.6 Å². The van der Waals surface area contributed by atoms with E-state index < -0.39 is 21.7 Å². The van der Waals surface area contributed by atoms with Gasteiger partial charge in [-0.1, -0.05) is 0 Å². The van der Waals surface area contributed by atoms with Crippen molar-refractivity contribution in [1.82, 2.24) is 9.62 Å². The summed E-state index contributed by atoms with van der Waals surface area (Å²) in [4.78, 5) is 10.4. The van der Waals surface area contributed by atoms with Gasteiger partial charge in [-0.3, -0.25) is 4.79 Å². The van der Waals surface area contributed by atoms with Crippen LogP contribution >= 0.6 is 0 Å². The van der Waals surface area contributed by atoms with Gasteiger partial charge in [0.05, 0.1) is 12.7 Å². The number of rotatable bonds is 5. The van der Waals surface area contributed by atoms with E-state index in [4.69, 9.17) is 9.84 Å². The molecule has 1 aliphatic heterocycles. The summed E-state index contributed by atoms with van der Waals surface area (Å²) in [5.74, 6) is -2.20. The lowest BCUT2D eigenvalue weighted by atomic mass is 10.3. The van der Waals surface area contributed by atoms with E-state index in [1.54, 1.807) is 7.05 Å². The summed E-state index contributed by atoms with van der Waals surface area (Å²) in [7, 11) is -1.96. The summed E-state index contributed by atoms with van der Waals surface area (Å²) in [5.41, 5.74) is 0. The average Bonchev–Trinajstić information content (AvgIpc) is 2.16. The van der Waals surface area contributed by atoms with Gasteiger partial charge in [-0.25, -0.2) is 8.42 Å². The van der Waals surface area contributed by atoms with Crippen molar-refractivity contribution in [2.45, 2.75) is 6.10 Å². The van der Waals surface area contributed by atoms with Gasteiger partial charge in [0.2, 0.25) is 10.0 Å². The van der Waals surface area contributed by atoms with Crippen LogP contribution in [0.2, 0.25) is 0 Å². The van der Waals surface area contributed by atoms with Crippen molar-refractivity contribution >= 4 is 16.0 Å². The molecule has 0 amide bonds. The topological polar surface area (TPSA) is 95.9 Å². The zero-order valence-corrected chi connectivity index (χ0v) is 9.87. The van der Waals surface area contributed by atoms with Crippen LogP contribution in [0, 0.1) is 0 Å². The maximum atomic E-state index is 11.6. The minimum atomic E-state index is -3.71. The van der Waals surface area contributed by atoms with Crippen LogP contribution in [0.5, 0.6) is 0 Å². The molecule has 1 heterocycles. The molecule has 0 radical (unpaired) electrons. The molecule has 0 spiro atoms. The maximum Gasteiger partial charge on any atom is 0.320 e. The van der Waals surface area contributed by atoms with E-state index >= 15 is 0 Å². The SMILES string of the molecule is CNCC1CN(S(=O)(=O)CC(=O)O)CCO1. The van der Waals surface area contributed by atoms with Crippen LogP contribution in [0.3, 0.4) is 0 Å². The van der Waals surface area contributed by atoms with Crippen LogP contribution in [-0.4, -0.2) is 68.9 Å². The minimum absolute atomic E-state index is 0.205. The number of nitrogens with zero attached hydrogens (tertiary/aromatic N) is 1. The standard InChI is InChI=1S/C8H16N2O5S/c1-9-4-7-5-10(2-3-15-7)16(13,14)6-8(11)12/h7,9H,2-6H2,1H3,(H,11,12). The Kier molecular flexibility index (Phi) is 4.66. The van der Waals surface area contributed by atoms with Crippen LogP contribution < -0.4 is 5.32 Å². The highest BCUT2D eigenvalue weighted by molar-refractivity contribution is 7.89. The van der Waals surface area contributed by atoms with Crippen LogP contribution in [0.15, 0.2) is 0 Å². The molecule has 1 rings (SSSR count). The third-order valence-electron chi connectivity index (χ3n) is 2.23. The highest BCUT2D eigenvalue weighted by atomic mass is 32.2. The van der Waals surface area contributed by atoms with E-state index in [1.807, 2.05) is 0 Å². The molecule has 0 aromatic heterocycles. The summed E-state index contributed by atoms with van der Waals surface area (Å²) < 4.78 is 29.7. The minimum Gasteiger partial charge on any atom is -0.480 e. The van der Waals surface area contributed by atoms with Gasteiger partial charge in [0.15, 0.2) is 5.75 Å². The first-order valence-electron chi connectivity index (χ1n) is 4.91. The van der Waals surface area contributed by atoms with Gasteiger partial charge >= 0.3 is 5.97 Å². The van der Waals surface area contributed by atoms with Crippen molar-refractivity contribution in [2.24, 2.45) is 0 Å². The molecule has 7 nitrogen and oxygen atoms in total. The number of likely N-dealkylation sites (N-methyl/N-ethyl adjacent to an activating group) is 1. The number of carbonyl (C=O) groups is 1. The molecule has 0 bridgehead atoms. The van der Waals surface area contributed by atoms with Gasteiger partial charge in [0.1, 0.15) is 0 Å². The van der Waals surface area contributed by atoms with E-state index in [0.717, 1.165) is 0 Å². The maximum absolute atomic E-state index is 11.6. The molecule has 1 aliphatic rings. The zero-order valence-electron chi connectivity index (χ0n) is 9.05. The molecule has 0 aliphatic carbocycles. The second-order valence-electron chi connectivity index (χ2n) is 3.56. The lowest BCUT2D eigenvalue weighted by Crippen LogP contribution is -2.49. The molecule has 8 heteroatoms. The molecule has 1 unspecified atom stereocenters. The van der Waals surface area contributed by atoms with Gasteiger partial charge in [-0.2, -0.15) is 4.31 Å². The number of hydrogen-bond acceptors (Lipinski definition) is 5. The predicted molar refractivity (Wildman–Crippen MR) is 56.7 cm³/mol. The molecule has 1 atom stereocenters. The fourth-order valence-corrected chi connectivity index (χ4v) is 2.78. The Balaban J connectivity index is 2.62. The number of hydrogen-bond donors (Lipinski definition) is 2. The fourth-order valence-electron chi connectivity index (χ4n) is 1.54. The Hall–Kier alpha value is -0.700. The Labute approximate surface area is 94.4 Å². The van der Waals surface area contributed by atoms with Crippen molar-refractivity contribution in [3.63, 3.8) is 0 Å². The Morgan fingerprint density at radius 3 is 2.88 bits per heavy atom. The van der Waals surface area contributed by atoms with E-state index in [2.05, 4.69) is 5.32 Å². The molecule has 0 aromatic carbocycles. The molecular formula is C8H16N2O5S. The first kappa shape index (κ1) is 13.4. The van der Waals surface area contributed by atoms with Crippen LogP contribution in [0.25, 0.3) is 0 Å². The highest BCUT2D eigenvalue weighted by Gasteiger charge is 2.30. The number of nitrogens with one attached hydrogen (secondary N) is 1. The fraction of sp³-hybridized carbons (Fsp3) is 0.875. The van der Waals surface area contributed by atoms with E-state index in [9.17, 15) is 13.2 Å². The number of carboxylic acid groups (broad SMARTS) is 1. The summed E-state index contributed by atoms with van der Waals surface area (Å²) in [6.45, 7) is 1.26. The van der Waals surface area contributed by atoms with Crippen molar-refractivity contribution in [3.05, 3.63) is 0 Å².